The van der Waals surface area contributed by atoms with Gasteiger partial charge in [0.25, 0.3) is 0 Å². The molecule has 0 spiro atoms. The first-order valence-corrected chi connectivity index (χ1v) is 7.51. The highest BCUT2D eigenvalue weighted by Crippen LogP contribution is 2.23. The van der Waals surface area contributed by atoms with E-state index in [0.717, 1.165) is 13.0 Å². The van der Waals surface area contributed by atoms with Gasteiger partial charge in [-0.25, -0.2) is 0 Å². The smallest absolute Gasteiger partial charge is 0.0486 e. The molecule has 3 aromatic rings. The minimum Gasteiger partial charge on any atom is -0.343 e. The fourth-order valence-corrected chi connectivity index (χ4v) is 2.97. The second-order valence-corrected chi connectivity index (χ2v) is 5.97. The molecule has 0 saturated heterocycles. The molecule has 0 bridgehead atoms. The standard InChI is InChI=1S/C19H22N2/c1-14-6-5-7-16(10-14)12-21-13-17(11-15(2)20)18-8-3-4-9-19(18)21/h3-10,13,15H,11-12,20H2,1-2H3. The summed E-state index contributed by atoms with van der Waals surface area (Å²) in [7, 11) is 0. The molecule has 0 fully saturated rings. The molecule has 3 rings (SSSR count). The number of hydrogen-bond acceptors (Lipinski definition) is 1. The predicted octanol–water partition coefficient (Wildman–Crippen LogP) is 3.89. The zero-order chi connectivity index (χ0) is 14.8. The van der Waals surface area contributed by atoms with E-state index in [1.165, 1.54) is 27.6 Å². The van der Waals surface area contributed by atoms with E-state index in [9.17, 15) is 0 Å². The lowest BCUT2D eigenvalue weighted by Crippen LogP contribution is -2.17. The first-order valence-electron chi connectivity index (χ1n) is 7.51. The number of benzene rings is 2. The van der Waals surface area contributed by atoms with Gasteiger partial charge in [-0.1, -0.05) is 48.0 Å². The summed E-state index contributed by atoms with van der Waals surface area (Å²) in [5, 5.41) is 1.32. The van der Waals surface area contributed by atoms with E-state index in [1.807, 2.05) is 0 Å². The van der Waals surface area contributed by atoms with Crippen molar-refractivity contribution in [1.82, 2.24) is 4.57 Å². The van der Waals surface area contributed by atoms with Crippen LogP contribution in [0, 0.1) is 6.92 Å². The van der Waals surface area contributed by atoms with Crippen LogP contribution in [-0.4, -0.2) is 10.6 Å². The van der Waals surface area contributed by atoms with E-state index < -0.39 is 0 Å². The Morgan fingerprint density at radius 3 is 2.67 bits per heavy atom. The highest BCUT2D eigenvalue weighted by Gasteiger charge is 2.09. The normalized spacial score (nSPS) is 12.7. The van der Waals surface area contributed by atoms with E-state index in [0.29, 0.717) is 0 Å². The molecule has 108 valence electrons. The van der Waals surface area contributed by atoms with Gasteiger partial charge in [-0.2, -0.15) is 0 Å². The fraction of sp³-hybridized carbons (Fsp3) is 0.263. The van der Waals surface area contributed by atoms with Gasteiger partial charge in [0.15, 0.2) is 0 Å². The Bertz CT molecular complexity index is 753. The lowest BCUT2D eigenvalue weighted by atomic mass is 10.1. The Hall–Kier alpha value is -2.06. The molecule has 0 saturated carbocycles. The number of hydrogen-bond donors (Lipinski definition) is 1. The van der Waals surface area contributed by atoms with Gasteiger partial charge in [-0.05, 0) is 37.5 Å². The van der Waals surface area contributed by atoms with Crippen molar-refractivity contribution in [2.45, 2.75) is 32.9 Å². The first-order chi connectivity index (χ1) is 10.1. The van der Waals surface area contributed by atoms with Crippen molar-refractivity contribution >= 4 is 10.9 Å². The maximum absolute atomic E-state index is 5.99. The van der Waals surface area contributed by atoms with Gasteiger partial charge in [-0.3, -0.25) is 0 Å². The van der Waals surface area contributed by atoms with Gasteiger partial charge in [0, 0.05) is 29.7 Å². The lowest BCUT2D eigenvalue weighted by molar-refractivity contribution is 0.735. The summed E-state index contributed by atoms with van der Waals surface area (Å²) in [6.07, 6.45) is 3.18. The van der Waals surface area contributed by atoms with Crippen molar-refractivity contribution in [3.8, 4) is 0 Å². The third kappa shape index (κ3) is 3.01. The molecule has 21 heavy (non-hydrogen) atoms. The Morgan fingerprint density at radius 1 is 1.10 bits per heavy atom. The first kappa shape index (κ1) is 13.9. The zero-order valence-corrected chi connectivity index (χ0v) is 12.7. The summed E-state index contributed by atoms with van der Waals surface area (Å²) >= 11 is 0. The SMILES string of the molecule is Cc1cccc(Cn2cc(CC(C)N)c3ccccc32)c1. The molecule has 0 aliphatic carbocycles. The van der Waals surface area contributed by atoms with E-state index in [2.05, 4.69) is 73.1 Å². The van der Waals surface area contributed by atoms with Crippen molar-refractivity contribution in [2.24, 2.45) is 5.73 Å². The molecule has 2 nitrogen and oxygen atoms in total. The van der Waals surface area contributed by atoms with Gasteiger partial charge in [-0.15, -0.1) is 0 Å². The van der Waals surface area contributed by atoms with Crippen molar-refractivity contribution in [3.63, 3.8) is 0 Å². The van der Waals surface area contributed by atoms with Crippen LogP contribution in [0.4, 0.5) is 0 Å². The minimum atomic E-state index is 0.184. The van der Waals surface area contributed by atoms with Crippen molar-refractivity contribution in [3.05, 3.63) is 71.4 Å². The van der Waals surface area contributed by atoms with Gasteiger partial charge < -0.3 is 10.3 Å². The van der Waals surface area contributed by atoms with Crippen LogP contribution >= 0.6 is 0 Å². The summed E-state index contributed by atoms with van der Waals surface area (Å²) in [6.45, 7) is 5.10. The second-order valence-electron chi connectivity index (χ2n) is 5.97. The maximum Gasteiger partial charge on any atom is 0.0486 e. The molecule has 1 atom stereocenters. The summed E-state index contributed by atoms with van der Waals surface area (Å²) in [5.41, 5.74) is 11.3. The summed E-state index contributed by atoms with van der Waals surface area (Å²) < 4.78 is 2.34. The van der Waals surface area contributed by atoms with E-state index >= 15 is 0 Å². The third-order valence-corrected chi connectivity index (χ3v) is 3.85. The fourth-order valence-electron chi connectivity index (χ4n) is 2.97. The Labute approximate surface area is 126 Å². The number of aromatic nitrogens is 1. The minimum absolute atomic E-state index is 0.184. The number of para-hydroxylation sites is 1. The Kier molecular flexibility index (Phi) is 3.80. The molecule has 0 aliphatic heterocycles. The maximum atomic E-state index is 5.99. The second kappa shape index (κ2) is 5.74. The average molecular weight is 278 g/mol. The molecular formula is C19H22N2. The topological polar surface area (TPSA) is 30.9 Å². The lowest BCUT2D eigenvalue weighted by Gasteiger charge is -2.06. The Balaban J connectivity index is 2.02. The van der Waals surface area contributed by atoms with E-state index in [1.54, 1.807) is 0 Å². The van der Waals surface area contributed by atoms with Crippen LogP contribution in [0.5, 0.6) is 0 Å². The molecule has 1 heterocycles. The van der Waals surface area contributed by atoms with Crippen molar-refractivity contribution in [2.75, 3.05) is 0 Å². The van der Waals surface area contributed by atoms with Gasteiger partial charge >= 0.3 is 0 Å². The monoisotopic (exact) mass is 278 g/mol. The summed E-state index contributed by atoms with van der Waals surface area (Å²) in [4.78, 5) is 0. The zero-order valence-electron chi connectivity index (χ0n) is 12.7. The molecule has 2 heteroatoms. The van der Waals surface area contributed by atoms with Crippen molar-refractivity contribution < 1.29 is 0 Å². The van der Waals surface area contributed by atoms with Crippen LogP contribution in [0.3, 0.4) is 0 Å². The highest BCUT2D eigenvalue weighted by atomic mass is 15.0. The van der Waals surface area contributed by atoms with Crippen LogP contribution in [0.2, 0.25) is 0 Å². The molecule has 0 radical (unpaired) electrons. The van der Waals surface area contributed by atoms with Gasteiger partial charge in [0.05, 0.1) is 0 Å². The Morgan fingerprint density at radius 2 is 1.90 bits per heavy atom. The quantitative estimate of drug-likeness (QED) is 0.771. The number of nitrogens with two attached hydrogens (primary N) is 1. The van der Waals surface area contributed by atoms with Crippen LogP contribution in [-0.2, 0) is 13.0 Å². The van der Waals surface area contributed by atoms with Crippen LogP contribution in [0.15, 0.2) is 54.7 Å². The van der Waals surface area contributed by atoms with E-state index in [-0.39, 0.29) is 6.04 Å². The summed E-state index contributed by atoms with van der Waals surface area (Å²) in [5.74, 6) is 0. The largest absolute Gasteiger partial charge is 0.343 e. The van der Waals surface area contributed by atoms with Crippen LogP contribution in [0.25, 0.3) is 10.9 Å². The van der Waals surface area contributed by atoms with Crippen molar-refractivity contribution in [1.29, 1.82) is 0 Å². The molecule has 0 aliphatic rings. The molecule has 2 N–H and O–H groups in total. The highest BCUT2D eigenvalue weighted by molar-refractivity contribution is 5.84. The predicted molar refractivity (Wildman–Crippen MR) is 89.6 cm³/mol. The number of nitrogens with zero attached hydrogens (tertiary/aromatic N) is 1. The van der Waals surface area contributed by atoms with Gasteiger partial charge in [0.1, 0.15) is 0 Å². The number of rotatable bonds is 4. The van der Waals surface area contributed by atoms with Crippen LogP contribution < -0.4 is 5.73 Å². The number of fused-ring (bicyclic) bond motifs is 1. The van der Waals surface area contributed by atoms with Crippen LogP contribution in [0.1, 0.15) is 23.6 Å². The molecule has 1 unspecified atom stereocenters. The molecule has 2 aromatic carbocycles. The molecule has 1 aromatic heterocycles. The molecular weight excluding hydrogens is 256 g/mol. The van der Waals surface area contributed by atoms with E-state index in [4.69, 9.17) is 5.73 Å². The average Bonchev–Trinajstić information content (AvgIpc) is 2.77. The number of aryl methyl sites for hydroxylation is 1. The third-order valence-electron chi connectivity index (χ3n) is 3.85. The molecule has 0 amide bonds. The van der Waals surface area contributed by atoms with Gasteiger partial charge in [0.2, 0.25) is 0 Å². The summed E-state index contributed by atoms with van der Waals surface area (Å²) in [6, 6.07) is 17.5.